The fourth-order valence-electron chi connectivity index (χ4n) is 4.11. The number of nitrogens with zero attached hydrogens (tertiary/aromatic N) is 2. The zero-order valence-electron chi connectivity index (χ0n) is 20.7. The summed E-state index contributed by atoms with van der Waals surface area (Å²) in [6.45, 7) is 2.66. The molecule has 1 heterocycles. The summed E-state index contributed by atoms with van der Waals surface area (Å²) in [5, 5.41) is 17.7. The smallest absolute Gasteiger partial charge is 0.307 e. The van der Waals surface area contributed by atoms with Gasteiger partial charge in [-0.1, -0.05) is 42.5 Å². The van der Waals surface area contributed by atoms with Crippen LogP contribution in [0.5, 0.6) is 11.5 Å². The van der Waals surface area contributed by atoms with Crippen LogP contribution in [0.25, 0.3) is 21.7 Å². The van der Waals surface area contributed by atoms with Crippen molar-refractivity contribution in [1.29, 1.82) is 0 Å². The second-order valence-corrected chi connectivity index (χ2v) is 9.33. The van der Waals surface area contributed by atoms with Gasteiger partial charge in [0.15, 0.2) is 17.3 Å². The van der Waals surface area contributed by atoms with E-state index in [0.29, 0.717) is 45.7 Å². The van der Waals surface area contributed by atoms with Crippen molar-refractivity contribution in [3.63, 3.8) is 0 Å². The number of amides is 1. The van der Waals surface area contributed by atoms with Crippen LogP contribution in [0.15, 0.2) is 92.9 Å². The largest absolute Gasteiger partial charge is 0.490 e. The van der Waals surface area contributed by atoms with E-state index < -0.39 is 10.8 Å². The van der Waals surface area contributed by atoms with Crippen molar-refractivity contribution >= 4 is 55.5 Å². The van der Waals surface area contributed by atoms with Crippen LogP contribution in [0, 0.1) is 10.1 Å². The van der Waals surface area contributed by atoms with Gasteiger partial charge in [-0.05, 0) is 69.0 Å². The van der Waals surface area contributed by atoms with Gasteiger partial charge in [0.25, 0.3) is 5.69 Å². The summed E-state index contributed by atoms with van der Waals surface area (Å²) in [5.74, 6) is 0.473. The topological polar surface area (TPSA) is 116 Å². The normalized spacial score (nSPS) is 11.2. The molecule has 0 spiro atoms. The van der Waals surface area contributed by atoms with Gasteiger partial charge in [-0.2, -0.15) is 5.10 Å². The third-order valence-electron chi connectivity index (χ3n) is 5.90. The van der Waals surface area contributed by atoms with Gasteiger partial charge in [-0.25, -0.2) is 5.43 Å². The van der Waals surface area contributed by atoms with E-state index in [1.807, 2.05) is 31.2 Å². The summed E-state index contributed by atoms with van der Waals surface area (Å²) in [6.07, 6.45) is 1.47. The van der Waals surface area contributed by atoms with Gasteiger partial charge in [0.05, 0.1) is 22.2 Å². The number of carbonyl (C=O) groups is 1. The first-order valence-electron chi connectivity index (χ1n) is 12.0. The maximum Gasteiger partial charge on any atom is 0.307 e. The SMILES string of the molecule is CCOc1cc(/C=N/NC(=O)c2cc3cc([N+](=O)[O-])ccc3o2)cc(Br)c1OCc1cccc2ccccc12. The molecule has 0 aliphatic carbocycles. The quantitative estimate of drug-likeness (QED) is 0.113. The average molecular weight is 588 g/mol. The lowest BCUT2D eigenvalue weighted by Crippen LogP contribution is -2.16. The van der Waals surface area contributed by atoms with E-state index in [0.717, 1.165) is 16.3 Å². The maximum absolute atomic E-state index is 12.5. The minimum absolute atomic E-state index is 0.0176. The maximum atomic E-state index is 12.5. The molecule has 10 heteroatoms. The zero-order chi connectivity index (χ0) is 27.4. The molecule has 0 saturated heterocycles. The number of nitro groups is 1. The molecule has 0 aliphatic heterocycles. The van der Waals surface area contributed by atoms with Gasteiger partial charge < -0.3 is 13.9 Å². The van der Waals surface area contributed by atoms with Gasteiger partial charge in [-0.15, -0.1) is 0 Å². The number of fused-ring (bicyclic) bond motifs is 2. The molecule has 39 heavy (non-hydrogen) atoms. The van der Waals surface area contributed by atoms with Crippen molar-refractivity contribution in [2.75, 3.05) is 6.61 Å². The number of nitrogens with one attached hydrogen (secondary N) is 1. The van der Waals surface area contributed by atoms with Crippen LogP contribution >= 0.6 is 15.9 Å². The van der Waals surface area contributed by atoms with Crippen LogP contribution in [0.1, 0.15) is 28.6 Å². The van der Waals surface area contributed by atoms with Crippen molar-refractivity contribution in [3.05, 3.63) is 110 Å². The number of carbonyl (C=O) groups excluding carboxylic acids is 1. The van der Waals surface area contributed by atoms with Crippen molar-refractivity contribution in [1.82, 2.24) is 5.43 Å². The summed E-state index contributed by atoms with van der Waals surface area (Å²) in [4.78, 5) is 23.0. The molecule has 5 aromatic rings. The van der Waals surface area contributed by atoms with Gasteiger partial charge in [0.1, 0.15) is 12.2 Å². The molecule has 1 amide bonds. The highest BCUT2D eigenvalue weighted by Crippen LogP contribution is 2.37. The Morgan fingerprint density at radius 3 is 2.69 bits per heavy atom. The monoisotopic (exact) mass is 587 g/mol. The van der Waals surface area contributed by atoms with Crippen molar-refractivity contribution in [3.8, 4) is 11.5 Å². The molecule has 0 unspecified atom stereocenters. The number of benzene rings is 4. The van der Waals surface area contributed by atoms with E-state index in [1.165, 1.54) is 30.5 Å². The Labute approximate surface area is 231 Å². The van der Waals surface area contributed by atoms with E-state index in [9.17, 15) is 14.9 Å². The lowest BCUT2D eigenvalue weighted by atomic mass is 10.1. The first-order chi connectivity index (χ1) is 18.9. The van der Waals surface area contributed by atoms with Crippen molar-refractivity contribution in [2.45, 2.75) is 13.5 Å². The molecule has 0 fully saturated rings. The van der Waals surface area contributed by atoms with Crippen LogP contribution in [-0.2, 0) is 6.61 Å². The number of hydrazone groups is 1. The molecule has 0 aliphatic rings. The lowest BCUT2D eigenvalue weighted by Gasteiger charge is -2.15. The van der Waals surface area contributed by atoms with E-state index >= 15 is 0 Å². The number of nitro benzene ring substituents is 1. The molecule has 1 aromatic heterocycles. The molecule has 5 rings (SSSR count). The Morgan fingerprint density at radius 1 is 1.05 bits per heavy atom. The first-order valence-corrected chi connectivity index (χ1v) is 12.8. The molecule has 0 atom stereocenters. The number of hydrogen-bond acceptors (Lipinski definition) is 7. The summed E-state index contributed by atoms with van der Waals surface area (Å²) >= 11 is 3.57. The summed E-state index contributed by atoms with van der Waals surface area (Å²) in [7, 11) is 0. The third kappa shape index (κ3) is 5.75. The number of hydrogen-bond donors (Lipinski definition) is 1. The summed E-state index contributed by atoms with van der Waals surface area (Å²) in [6, 6.07) is 23.3. The molecular formula is C29H22BrN3O6. The molecule has 0 saturated carbocycles. The highest BCUT2D eigenvalue weighted by atomic mass is 79.9. The second kappa shape index (κ2) is 11.4. The minimum Gasteiger partial charge on any atom is -0.490 e. The summed E-state index contributed by atoms with van der Waals surface area (Å²) < 4.78 is 18.2. The van der Waals surface area contributed by atoms with E-state index in [4.69, 9.17) is 13.9 Å². The van der Waals surface area contributed by atoms with Crippen LogP contribution < -0.4 is 14.9 Å². The lowest BCUT2D eigenvalue weighted by molar-refractivity contribution is -0.384. The Morgan fingerprint density at radius 2 is 1.87 bits per heavy atom. The standard InChI is InChI=1S/C29H22BrN3O6/c1-2-37-26-13-18(12-24(30)28(26)38-17-20-8-5-7-19-6-3-4-9-23(19)20)16-31-32-29(34)27-15-21-14-22(33(35)36)10-11-25(21)39-27/h3-16H,2,17H2,1H3,(H,32,34)/b31-16+. The molecule has 4 aromatic carbocycles. The zero-order valence-corrected chi connectivity index (χ0v) is 22.3. The summed E-state index contributed by atoms with van der Waals surface area (Å²) in [5.41, 5.74) is 4.39. The van der Waals surface area contributed by atoms with Crippen LogP contribution in [0.3, 0.4) is 0 Å². The molecule has 9 nitrogen and oxygen atoms in total. The second-order valence-electron chi connectivity index (χ2n) is 8.48. The number of furan rings is 1. The Hall–Kier alpha value is -4.70. The Kier molecular flexibility index (Phi) is 7.55. The van der Waals surface area contributed by atoms with Crippen LogP contribution in [-0.4, -0.2) is 23.7 Å². The predicted molar refractivity (Wildman–Crippen MR) is 152 cm³/mol. The van der Waals surface area contributed by atoms with Crippen molar-refractivity contribution in [2.24, 2.45) is 5.10 Å². The number of rotatable bonds is 9. The van der Waals surface area contributed by atoms with Gasteiger partial charge in [0.2, 0.25) is 0 Å². The number of non-ortho nitro benzene ring substituents is 1. The molecule has 0 bridgehead atoms. The van der Waals surface area contributed by atoms with E-state index in [-0.39, 0.29) is 11.4 Å². The van der Waals surface area contributed by atoms with E-state index in [2.05, 4.69) is 44.7 Å². The predicted octanol–water partition coefficient (Wildman–Crippen LogP) is 7.00. The highest BCUT2D eigenvalue weighted by Gasteiger charge is 2.16. The fourth-order valence-corrected chi connectivity index (χ4v) is 4.68. The minimum atomic E-state index is -0.593. The van der Waals surface area contributed by atoms with E-state index in [1.54, 1.807) is 12.1 Å². The van der Waals surface area contributed by atoms with Gasteiger partial charge in [0, 0.05) is 17.5 Å². The molecule has 1 N–H and O–H groups in total. The van der Waals surface area contributed by atoms with Crippen LogP contribution in [0.2, 0.25) is 0 Å². The Bertz CT molecular complexity index is 1720. The van der Waals surface area contributed by atoms with Gasteiger partial charge >= 0.3 is 5.91 Å². The molecule has 0 radical (unpaired) electrons. The van der Waals surface area contributed by atoms with Crippen LogP contribution in [0.4, 0.5) is 5.69 Å². The first kappa shape index (κ1) is 25.9. The third-order valence-corrected chi connectivity index (χ3v) is 6.49. The molecular weight excluding hydrogens is 566 g/mol. The van der Waals surface area contributed by atoms with Gasteiger partial charge in [-0.3, -0.25) is 14.9 Å². The Balaban J connectivity index is 1.30. The van der Waals surface area contributed by atoms with Crippen molar-refractivity contribution < 1.29 is 23.6 Å². The number of ether oxygens (including phenoxy) is 2. The number of halogens is 1. The molecule has 196 valence electrons. The fraction of sp³-hybridized carbons (Fsp3) is 0.103. The highest BCUT2D eigenvalue weighted by molar-refractivity contribution is 9.10. The average Bonchev–Trinajstić information content (AvgIpc) is 3.36.